The molecule has 1 aromatic heterocycles. The molecule has 0 unspecified atom stereocenters. The first-order valence-electron chi connectivity index (χ1n) is 11.4. The van der Waals surface area contributed by atoms with Crippen LogP contribution in [0.5, 0.6) is 5.75 Å². The Bertz CT molecular complexity index is 1510. The minimum atomic E-state index is -1.25. The second kappa shape index (κ2) is 10.4. The zero-order valence-corrected chi connectivity index (χ0v) is 21.7. The van der Waals surface area contributed by atoms with Crippen molar-refractivity contribution in [2.24, 2.45) is 0 Å². The zero-order valence-electron chi connectivity index (χ0n) is 20.9. The molecule has 1 N–H and O–H groups in total. The first kappa shape index (κ1) is 26.5. The van der Waals surface area contributed by atoms with Gasteiger partial charge in [0, 0.05) is 17.7 Å². The summed E-state index contributed by atoms with van der Waals surface area (Å²) >= 11 is 0.849. The van der Waals surface area contributed by atoms with Gasteiger partial charge in [0.25, 0.3) is 11.5 Å². The van der Waals surface area contributed by atoms with Crippen molar-refractivity contribution in [1.29, 1.82) is 0 Å². The highest BCUT2D eigenvalue weighted by Gasteiger charge is 2.48. The van der Waals surface area contributed by atoms with Gasteiger partial charge in [0.05, 0.1) is 35.9 Å². The van der Waals surface area contributed by atoms with Crippen molar-refractivity contribution in [1.82, 2.24) is 4.98 Å². The molecule has 1 aliphatic heterocycles. The topological polar surface area (TPSA) is 149 Å². The van der Waals surface area contributed by atoms with E-state index in [-0.39, 0.29) is 44.7 Å². The number of carbonyl (C=O) groups excluding carboxylic acids is 3. The number of nitro benzene ring substituents is 1. The molecule has 196 valence electrons. The molecule has 4 rings (SSSR count). The summed E-state index contributed by atoms with van der Waals surface area (Å²) in [6.07, 6.45) is 0. The van der Waals surface area contributed by atoms with Gasteiger partial charge in [-0.25, -0.2) is 9.78 Å². The Labute approximate surface area is 221 Å². The second-order valence-corrected chi connectivity index (χ2v) is 9.31. The largest absolute Gasteiger partial charge is 0.507 e. The third kappa shape index (κ3) is 4.61. The number of thiazole rings is 1. The van der Waals surface area contributed by atoms with Gasteiger partial charge in [-0.3, -0.25) is 24.6 Å². The van der Waals surface area contributed by atoms with E-state index in [2.05, 4.69) is 4.98 Å². The first-order valence-corrected chi connectivity index (χ1v) is 12.3. The van der Waals surface area contributed by atoms with Crippen LogP contribution in [0.1, 0.15) is 45.0 Å². The number of amides is 1. The zero-order chi connectivity index (χ0) is 27.7. The molecule has 0 bridgehead atoms. The quantitative estimate of drug-likeness (QED) is 0.115. The summed E-state index contributed by atoms with van der Waals surface area (Å²) in [6, 6.07) is 8.91. The molecule has 3 aromatic rings. The lowest BCUT2D eigenvalue weighted by Crippen LogP contribution is -2.29. The van der Waals surface area contributed by atoms with Gasteiger partial charge in [-0.2, -0.15) is 0 Å². The summed E-state index contributed by atoms with van der Waals surface area (Å²) in [5.41, 5.74) is 0.873. The first-order chi connectivity index (χ1) is 18.1. The molecule has 0 radical (unpaired) electrons. The lowest BCUT2D eigenvalue weighted by atomic mass is 9.94. The van der Waals surface area contributed by atoms with E-state index in [9.17, 15) is 29.6 Å². The highest BCUT2D eigenvalue weighted by Crippen LogP contribution is 2.44. The number of Topliss-reactive ketones (excluding diaryl/α,β-unsaturated/α-hetero) is 1. The number of ketones is 1. The number of aliphatic hydroxyl groups is 1. The van der Waals surface area contributed by atoms with Crippen molar-refractivity contribution in [3.05, 3.63) is 85.4 Å². The number of aliphatic hydroxyl groups excluding tert-OH is 1. The molecule has 38 heavy (non-hydrogen) atoms. The van der Waals surface area contributed by atoms with Crippen LogP contribution in [-0.4, -0.2) is 46.4 Å². The standard InChI is InChI=1S/C26H23N3O8S/c1-5-37-25(33)23-14(3)27-26(38-23)28-20(15-7-6-8-17(12-15)29(34)35)19(22(31)24(28)32)21(30)16-9-10-18(36-4)13(2)11-16/h6-12,20,30H,5H2,1-4H3/b21-19+/t20-/m1/s1. The molecule has 0 saturated carbocycles. The summed E-state index contributed by atoms with van der Waals surface area (Å²) in [5.74, 6) is -2.55. The number of non-ortho nitro benzene ring substituents is 1. The Morgan fingerprint density at radius 3 is 2.58 bits per heavy atom. The minimum absolute atomic E-state index is 0.00845. The number of hydrogen-bond donors (Lipinski definition) is 1. The maximum absolute atomic E-state index is 13.4. The van der Waals surface area contributed by atoms with E-state index in [1.165, 1.54) is 37.4 Å². The van der Waals surface area contributed by atoms with Gasteiger partial charge in [-0.1, -0.05) is 23.5 Å². The van der Waals surface area contributed by atoms with Gasteiger partial charge >= 0.3 is 11.9 Å². The van der Waals surface area contributed by atoms with Gasteiger partial charge in [0.15, 0.2) is 5.13 Å². The van der Waals surface area contributed by atoms with E-state index >= 15 is 0 Å². The number of rotatable bonds is 7. The predicted octanol–water partition coefficient (Wildman–Crippen LogP) is 4.48. The Kier molecular flexibility index (Phi) is 7.26. The summed E-state index contributed by atoms with van der Waals surface area (Å²) in [7, 11) is 1.50. The molecule has 0 spiro atoms. The van der Waals surface area contributed by atoms with E-state index in [0.29, 0.717) is 11.3 Å². The number of esters is 1. The van der Waals surface area contributed by atoms with Crippen molar-refractivity contribution in [3.63, 3.8) is 0 Å². The fourth-order valence-corrected chi connectivity index (χ4v) is 5.19. The van der Waals surface area contributed by atoms with Crippen LogP contribution >= 0.6 is 11.3 Å². The van der Waals surface area contributed by atoms with Crippen LogP contribution in [0.2, 0.25) is 0 Å². The Hall–Kier alpha value is -4.58. The van der Waals surface area contributed by atoms with E-state index in [1.54, 1.807) is 32.9 Å². The number of benzene rings is 2. The van der Waals surface area contributed by atoms with E-state index < -0.39 is 34.4 Å². The summed E-state index contributed by atoms with van der Waals surface area (Å²) in [5, 5.41) is 22.8. The normalized spacial score (nSPS) is 16.5. The van der Waals surface area contributed by atoms with Crippen LogP contribution in [0.15, 0.2) is 48.0 Å². The number of aromatic nitrogens is 1. The highest BCUT2D eigenvalue weighted by atomic mass is 32.1. The molecule has 2 aromatic carbocycles. The fraction of sp³-hybridized carbons (Fsp3) is 0.231. The third-order valence-corrected chi connectivity index (χ3v) is 7.10. The van der Waals surface area contributed by atoms with Crippen molar-refractivity contribution < 1.29 is 33.9 Å². The van der Waals surface area contributed by atoms with E-state index in [4.69, 9.17) is 9.47 Å². The average Bonchev–Trinajstić information content (AvgIpc) is 3.40. The fourth-order valence-electron chi connectivity index (χ4n) is 4.21. The van der Waals surface area contributed by atoms with Crippen LogP contribution in [0, 0.1) is 24.0 Å². The number of carbonyl (C=O) groups is 3. The molecular weight excluding hydrogens is 514 g/mol. The molecule has 1 atom stereocenters. The molecule has 1 aliphatic rings. The summed E-state index contributed by atoms with van der Waals surface area (Å²) in [4.78, 5) is 55.5. The SMILES string of the molecule is CCOC(=O)c1sc(N2C(=O)C(=O)/C(=C(/O)c3ccc(OC)c(C)c3)[C@H]2c2cccc([N+](=O)[O-])c2)nc1C. The molecule has 1 amide bonds. The molecule has 11 nitrogen and oxygen atoms in total. The second-order valence-electron chi connectivity index (χ2n) is 8.34. The van der Waals surface area contributed by atoms with Crippen molar-refractivity contribution >= 4 is 45.6 Å². The maximum atomic E-state index is 13.4. The Morgan fingerprint density at radius 2 is 1.95 bits per heavy atom. The van der Waals surface area contributed by atoms with Gasteiger partial charge in [0.2, 0.25) is 0 Å². The van der Waals surface area contributed by atoms with E-state index in [0.717, 1.165) is 16.2 Å². The van der Waals surface area contributed by atoms with Crippen LogP contribution in [0.4, 0.5) is 10.8 Å². The Balaban J connectivity index is 1.95. The molecule has 12 heteroatoms. The third-order valence-electron chi connectivity index (χ3n) is 5.96. The molecule has 0 aliphatic carbocycles. The number of methoxy groups -OCH3 is 1. The number of anilines is 1. The molecule has 1 fully saturated rings. The summed E-state index contributed by atoms with van der Waals surface area (Å²) < 4.78 is 10.3. The molecule has 1 saturated heterocycles. The van der Waals surface area contributed by atoms with E-state index in [1.807, 2.05) is 0 Å². The van der Waals surface area contributed by atoms with Crippen LogP contribution in [0.3, 0.4) is 0 Å². The molecular formula is C26H23N3O8S. The number of nitro groups is 1. The predicted molar refractivity (Wildman–Crippen MR) is 138 cm³/mol. The van der Waals surface area contributed by atoms with Crippen LogP contribution in [-0.2, 0) is 14.3 Å². The number of nitrogens with zero attached hydrogens (tertiary/aromatic N) is 3. The van der Waals surface area contributed by atoms with Gasteiger partial charge in [0.1, 0.15) is 16.4 Å². The van der Waals surface area contributed by atoms with Crippen molar-refractivity contribution in [2.45, 2.75) is 26.8 Å². The molecule has 2 heterocycles. The lowest BCUT2D eigenvalue weighted by Gasteiger charge is -2.23. The Morgan fingerprint density at radius 1 is 1.21 bits per heavy atom. The van der Waals surface area contributed by atoms with Crippen LogP contribution in [0.25, 0.3) is 5.76 Å². The minimum Gasteiger partial charge on any atom is -0.507 e. The number of aryl methyl sites for hydroxylation is 2. The van der Waals surface area contributed by atoms with Crippen molar-refractivity contribution in [2.75, 3.05) is 18.6 Å². The highest BCUT2D eigenvalue weighted by molar-refractivity contribution is 7.17. The monoisotopic (exact) mass is 537 g/mol. The average molecular weight is 538 g/mol. The van der Waals surface area contributed by atoms with Crippen LogP contribution < -0.4 is 9.64 Å². The van der Waals surface area contributed by atoms with Gasteiger partial charge in [-0.15, -0.1) is 0 Å². The number of ether oxygens (including phenoxy) is 2. The maximum Gasteiger partial charge on any atom is 0.350 e. The summed E-state index contributed by atoms with van der Waals surface area (Å²) in [6.45, 7) is 5.09. The lowest BCUT2D eigenvalue weighted by molar-refractivity contribution is -0.384. The smallest absolute Gasteiger partial charge is 0.350 e. The van der Waals surface area contributed by atoms with Crippen molar-refractivity contribution in [3.8, 4) is 5.75 Å². The van der Waals surface area contributed by atoms with Gasteiger partial charge < -0.3 is 14.6 Å². The van der Waals surface area contributed by atoms with Gasteiger partial charge in [-0.05, 0) is 50.1 Å². The number of hydrogen-bond acceptors (Lipinski definition) is 10.